The molecule has 0 N–H and O–H groups in total. The van der Waals surface area contributed by atoms with Crippen molar-refractivity contribution in [3.63, 3.8) is 0 Å². The molecular formula is C10H11BF3-. The van der Waals surface area contributed by atoms with E-state index in [1.54, 1.807) is 19.1 Å². The van der Waals surface area contributed by atoms with Crippen molar-refractivity contribution < 1.29 is 12.9 Å². The van der Waals surface area contributed by atoms with Crippen LogP contribution in [0, 0.1) is 6.92 Å². The molecule has 1 fully saturated rings. The van der Waals surface area contributed by atoms with Crippen molar-refractivity contribution in [1.82, 2.24) is 0 Å². The second-order valence-corrected chi connectivity index (χ2v) is 3.98. The molecule has 14 heavy (non-hydrogen) atoms. The largest absolute Gasteiger partial charge is 0.509 e. The first-order valence-electron chi connectivity index (χ1n) is 4.79. The summed E-state index contributed by atoms with van der Waals surface area (Å²) in [4.78, 5) is 0. The SMILES string of the molecule is Cc1ccc(C2CC2)c([B-](F)(F)F)c1. The van der Waals surface area contributed by atoms with Crippen molar-refractivity contribution in [3.05, 3.63) is 29.3 Å². The molecule has 0 bridgehead atoms. The molecule has 0 aromatic heterocycles. The quantitative estimate of drug-likeness (QED) is 0.642. The van der Waals surface area contributed by atoms with Gasteiger partial charge in [-0.15, -0.1) is 5.46 Å². The minimum atomic E-state index is -4.85. The average Bonchev–Trinajstić information content (AvgIpc) is 2.85. The van der Waals surface area contributed by atoms with E-state index in [-0.39, 0.29) is 11.4 Å². The molecular weight excluding hydrogens is 188 g/mol. The van der Waals surface area contributed by atoms with Crippen LogP contribution < -0.4 is 5.46 Å². The predicted octanol–water partition coefficient (Wildman–Crippen LogP) is 2.93. The summed E-state index contributed by atoms with van der Waals surface area (Å²) < 4.78 is 38.0. The Bertz CT molecular complexity index is 353. The van der Waals surface area contributed by atoms with Crippen LogP contribution in [0.2, 0.25) is 0 Å². The molecule has 1 aliphatic carbocycles. The van der Waals surface area contributed by atoms with Gasteiger partial charge in [0.1, 0.15) is 0 Å². The number of benzene rings is 1. The van der Waals surface area contributed by atoms with Gasteiger partial charge in [0.25, 0.3) is 0 Å². The Labute approximate surface area is 81.2 Å². The van der Waals surface area contributed by atoms with Crippen molar-refractivity contribution in [2.75, 3.05) is 0 Å². The second-order valence-electron chi connectivity index (χ2n) is 3.98. The maximum atomic E-state index is 12.7. The number of rotatable bonds is 2. The Morgan fingerprint density at radius 3 is 2.36 bits per heavy atom. The van der Waals surface area contributed by atoms with E-state index in [4.69, 9.17) is 0 Å². The van der Waals surface area contributed by atoms with Gasteiger partial charge in [0.05, 0.1) is 0 Å². The first kappa shape index (κ1) is 9.62. The van der Waals surface area contributed by atoms with Crippen molar-refractivity contribution >= 4 is 12.4 Å². The highest BCUT2D eigenvalue weighted by atomic mass is 19.4. The minimum absolute atomic E-state index is 0.161. The smallest absolute Gasteiger partial charge is 0.445 e. The molecule has 1 aromatic rings. The first-order valence-corrected chi connectivity index (χ1v) is 4.79. The molecule has 0 amide bonds. The van der Waals surface area contributed by atoms with Gasteiger partial charge in [-0.25, -0.2) is 0 Å². The van der Waals surface area contributed by atoms with E-state index in [9.17, 15) is 12.9 Å². The van der Waals surface area contributed by atoms with Gasteiger partial charge in [-0.3, -0.25) is 0 Å². The molecule has 1 aromatic carbocycles. The summed E-state index contributed by atoms with van der Waals surface area (Å²) in [7, 11) is 0. The summed E-state index contributed by atoms with van der Waals surface area (Å²) in [6, 6.07) is 4.67. The third-order valence-electron chi connectivity index (χ3n) is 2.61. The summed E-state index contributed by atoms with van der Waals surface area (Å²) in [5.74, 6) is 0.161. The summed E-state index contributed by atoms with van der Waals surface area (Å²) in [6.45, 7) is -3.15. The normalized spacial score (nSPS) is 17.1. The van der Waals surface area contributed by atoms with Crippen LogP contribution in [0.3, 0.4) is 0 Å². The topological polar surface area (TPSA) is 0 Å². The predicted molar refractivity (Wildman–Crippen MR) is 51.9 cm³/mol. The third kappa shape index (κ3) is 1.79. The Hall–Kier alpha value is -0.925. The van der Waals surface area contributed by atoms with E-state index >= 15 is 0 Å². The molecule has 0 heterocycles. The van der Waals surface area contributed by atoms with Gasteiger partial charge in [0.2, 0.25) is 0 Å². The average molecular weight is 199 g/mol. The highest BCUT2D eigenvalue weighted by Crippen LogP contribution is 2.40. The fourth-order valence-electron chi connectivity index (χ4n) is 1.74. The van der Waals surface area contributed by atoms with Gasteiger partial charge >= 0.3 is 6.98 Å². The van der Waals surface area contributed by atoms with Crippen LogP contribution in [-0.2, 0) is 0 Å². The molecule has 1 aliphatic rings. The van der Waals surface area contributed by atoms with E-state index in [1.807, 2.05) is 0 Å². The fraction of sp³-hybridized carbons (Fsp3) is 0.400. The number of aryl methyl sites for hydroxylation is 1. The summed E-state index contributed by atoms with van der Waals surface area (Å²) in [5.41, 5.74) is 0.805. The standard InChI is InChI=1S/C10H11BF3/c1-7-2-5-9(8-3-4-8)10(6-7)11(12,13)14/h2,5-6,8H,3-4H2,1H3/q-1. The Morgan fingerprint density at radius 2 is 1.86 bits per heavy atom. The Morgan fingerprint density at radius 1 is 1.21 bits per heavy atom. The third-order valence-corrected chi connectivity index (χ3v) is 2.61. The molecule has 4 heteroatoms. The molecule has 0 unspecified atom stereocenters. The van der Waals surface area contributed by atoms with Crippen molar-refractivity contribution in [3.8, 4) is 0 Å². The summed E-state index contributed by atoms with van der Waals surface area (Å²) >= 11 is 0. The number of hydrogen-bond donors (Lipinski definition) is 0. The number of halogens is 3. The lowest BCUT2D eigenvalue weighted by molar-refractivity contribution is 0.500. The molecule has 2 rings (SSSR count). The van der Waals surface area contributed by atoms with Crippen LogP contribution in [-0.4, -0.2) is 6.98 Å². The van der Waals surface area contributed by atoms with Gasteiger partial charge in [-0.1, -0.05) is 29.3 Å². The lowest BCUT2D eigenvalue weighted by atomic mass is 9.75. The molecule has 0 radical (unpaired) electrons. The van der Waals surface area contributed by atoms with E-state index < -0.39 is 6.98 Å². The van der Waals surface area contributed by atoms with E-state index in [0.717, 1.165) is 12.8 Å². The van der Waals surface area contributed by atoms with Gasteiger partial charge in [0.15, 0.2) is 0 Å². The maximum Gasteiger partial charge on any atom is 0.509 e. The fourth-order valence-corrected chi connectivity index (χ4v) is 1.74. The zero-order valence-corrected chi connectivity index (χ0v) is 7.93. The highest BCUT2D eigenvalue weighted by molar-refractivity contribution is 6.74. The molecule has 0 atom stereocenters. The minimum Gasteiger partial charge on any atom is -0.445 e. The molecule has 1 saturated carbocycles. The second kappa shape index (κ2) is 3.04. The summed E-state index contributed by atoms with van der Waals surface area (Å²) in [6.07, 6.45) is 1.81. The lowest BCUT2D eigenvalue weighted by Gasteiger charge is -2.20. The van der Waals surface area contributed by atoms with Crippen molar-refractivity contribution in [2.24, 2.45) is 0 Å². The summed E-state index contributed by atoms with van der Waals surface area (Å²) in [5, 5.41) is 0. The van der Waals surface area contributed by atoms with Crippen molar-refractivity contribution in [2.45, 2.75) is 25.7 Å². The molecule has 0 nitrogen and oxygen atoms in total. The van der Waals surface area contributed by atoms with Crippen LogP contribution in [0.15, 0.2) is 18.2 Å². The van der Waals surface area contributed by atoms with Gasteiger partial charge in [0, 0.05) is 0 Å². The van der Waals surface area contributed by atoms with Gasteiger partial charge in [-0.05, 0) is 25.7 Å². The van der Waals surface area contributed by atoms with E-state index in [2.05, 4.69) is 0 Å². The first-order chi connectivity index (χ1) is 6.48. The van der Waals surface area contributed by atoms with Crippen LogP contribution in [0.25, 0.3) is 0 Å². The number of hydrogen-bond acceptors (Lipinski definition) is 0. The van der Waals surface area contributed by atoms with Crippen LogP contribution >= 0.6 is 0 Å². The van der Waals surface area contributed by atoms with Gasteiger partial charge < -0.3 is 12.9 Å². The monoisotopic (exact) mass is 199 g/mol. The van der Waals surface area contributed by atoms with Crippen LogP contribution in [0.4, 0.5) is 12.9 Å². The lowest BCUT2D eigenvalue weighted by Crippen LogP contribution is -2.37. The Balaban J connectivity index is 2.48. The van der Waals surface area contributed by atoms with Crippen LogP contribution in [0.5, 0.6) is 0 Å². The van der Waals surface area contributed by atoms with Crippen LogP contribution in [0.1, 0.15) is 29.9 Å². The maximum absolute atomic E-state index is 12.7. The molecule has 0 spiro atoms. The van der Waals surface area contributed by atoms with E-state index in [1.165, 1.54) is 6.07 Å². The van der Waals surface area contributed by atoms with E-state index in [0.29, 0.717) is 11.1 Å². The zero-order valence-electron chi connectivity index (χ0n) is 7.93. The molecule has 0 aliphatic heterocycles. The van der Waals surface area contributed by atoms with Crippen molar-refractivity contribution in [1.29, 1.82) is 0 Å². The molecule has 0 saturated heterocycles. The highest BCUT2D eigenvalue weighted by Gasteiger charge is 2.33. The van der Waals surface area contributed by atoms with Gasteiger partial charge in [-0.2, -0.15) is 0 Å². The zero-order chi connectivity index (χ0) is 10.3. The molecule has 76 valence electrons. The Kier molecular flexibility index (Phi) is 2.09.